The van der Waals surface area contributed by atoms with Crippen molar-refractivity contribution in [3.8, 4) is 0 Å². The van der Waals surface area contributed by atoms with Crippen LogP contribution in [0.25, 0.3) is 0 Å². The standard InChI is InChI=1S/C11H15NO5S/c13-8-5-18-6-9(14)12(8)7-11(10(15)16)1-3-17-4-2-11/h1-7H2,(H,15,16). The molecule has 2 fully saturated rings. The van der Waals surface area contributed by atoms with Crippen molar-refractivity contribution in [3.63, 3.8) is 0 Å². The minimum absolute atomic E-state index is 0.0239. The fourth-order valence-electron chi connectivity index (χ4n) is 2.20. The number of carbonyl (C=O) groups excluding carboxylic acids is 2. The van der Waals surface area contributed by atoms with Gasteiger partial charge in [0.1, 0.15) is 0 Å². The van der Waals surface area contributed by atoms with Crippen molar-refractivity contribution >= 4 is 29.5 Å². The number of carboxylic acid groups (broad SMARTS) is 1. The second-order valence-electron chi connectivity index (χ2n) is 4.56. The van der Waals surface area contributed by atoms with Gasteiger partial charge in [0.05, 0.1) is 16.9 Å². The summed E-state index contributed by atoms with van der Waals surface area (Å²) in [5.41, 5.74) is -1.04. The molecule has 7 heteroatoms. The second kappa shape index (κ2) is 5.27. The van der Waals surface area contributed by atoms with Crippen LogP contribution in [0.5, 0.6) is 0 Å². The van der Waals surface area contributed by atoms with E-state index in [9.17, 15) is 19.5 Å². The summed E-state index contributed by atoms with van der Waals surface area (Å²) in [7, 11) is 0. The Hall–Kier alpha value is -1.08. The van der Waals surface area contributed by atoms with Crippen LogP contribution in [0.1, 0.15) is 12.8 Å². The van der Waals surface area contributed by atoms with Gasteiger partial charge in [-0.25, -0.2) is 0 Å². The van der Waals surface area contributed by atoms with Gasteiger partial charge in [0.2, 0.25) is 11.8 Å². The molecular weight excluding hydrogens is 258 g/mol. The largest absolute Gasteiger partial charge is 0.481 e. The van der Waals surface area contributed by atoms with E-state index in [4.69, 9.17) is 4.74 Å². The van der Waals surface area contributed by atoms with Crippen molar-refractivity contribution in [1.29, 1.82) is 0 Å². The van der Waals surface area contributed by atoms with Crippen LogP contribution in [0, 0.1) is 5.41 Å². The summed E-state index contributed by atoms with van der Waals surface area (Å²) in [6, 6.07) is 0. The predicted octanol–water partition coefficient (Wildman–Crippen LogP) is -0.0302. The average Bonchev–Trinajstić information content (AvgIpc) is 2.35. The van der Waals surface area contributed by atoms with Crippen molar-refractivity contribution in [2.24, 2.45) is 5.41 Å². The van der Waals surface area contributed by atoms with Crippen LogP contribution < -0.4 is 0 Å². The Labute approximate surface area is 109 Å². The number of hydrogen-bond donors (Lipinski definition) is 1. The lowest BCUT2D eigenvalue weighted by molar-refractivity contribution is -0.160. The number of rotatable bonds is 3. The SMILES string of the molecule is O=C1CSCC(=O)N1CC1(C(=O)O)CCOCC1. The molecule has 0 spiro atoms. The number of imide groups is 1. The van der Waals surface area contributed by atoms with Gasteiger partial charge in [-0.1, -0.05) is 0 Å². The fraction of sp³-hybridized carbons (Fsp3) is 0.727. The third kappa shape index (κ3) is 2.51. The van der Waals surface area contributed by atoms with E-state index >= 15 is 0 Å². The van der Waals surface area contributed by atoms with Gasteiger partial charge in [0.25, 0.3) is 0 Å². The highest BCUT2D eigenvalue weighted by Gasteiger charge is 2.44. The first-order valence-electron chi connectivity index (χ1n) is 5.77. The summed E-state index contributed by atoms with van der Waals surface area (Å²) < 4.78 is 5.16. The van der Waals surface area contributed by atoms with E-state index in [0.717, 1.165) is 4.90 Å². The lowest BCUT2D eigenvalue weighted by Gasteiger charge is -2.37. The molecule has 0 aliphatic carbocycles. The molecule has 6 nitrogen and oxygen atoms in total. The van der Waals surface area contributed by atoms with Crippen molar-refractivity contribution < 1.29 is 24.2 Å². The monoisotopic (exact) mass is 273 g/mol. The van der Waals surface area contributed by atoms with Gasteiger partial charge in [0.15, 0.2) is 0 Å². The molecule has 2 aliphatic heterocycles. The summed E-state index contributed by atoms with van der Waals surface area (Å²) in [6.45, 7) is 0.693. The average molecular weight is 273 g/mol. The van der Waals surface area contributed by atoms with Crippen molar-refractivity contribution in [2.45, 2.75) is 12.8 Å². The lowest BCUT2D eigenvalue weighted by atomic mass is 9.79. The van der Waals surface area contributed by atoms with Gasteiger partial charge in [-0.2, -0.15) is 0 Å². The molecule has 0 radical (unpaired) electrons. The summed E-state index contributed by atoms with van der Waals surface area (Å²) in [5.74, 6) is -1.04. The molecule has 2 heterocycles. The van der Waals surface area contributed by atoms with Crippen LogP contribution in [0.2, 0.25) is 0 Å². The fourth-order valence-corrected chi connectivity index (χ4v) is 2.96. The topological polar surface area (TPSA) is 83.9 Å². The van der Waals surface area contributed by atoms with Crippen LogP contribution in [0.3, 0.4) is 0 Å². The zero-order valence-corrected chi connectivity index (χ0v) is 10.7. The molecule has 1 N–H and O–H groups in total. The molecule has 0 bridgehead atoms. The molecule has 0 unspecified atom stereocenters. The first-order valence-corrected chi connectivity index (χ1v) is 6.93. The maximum Gasteiger partial charge on any atom is 0.311 e. The van der Waals surface area contributed by atoms with E-state index in [0.29, 0.717) is 26.1 Å². The highest BCUT2D eigenvalue weighted by Crippen LogP contribution is 2.33. The number of amides is 2. The Morgan fingerprint density at radius 2 is 1.83 bits per heavy atom. The van der Waals surface area contributed by atoms with Gasteiger partial charge < -0.3 is 9.84 Å². The molecular formula is C11H15NO5S. The number of carboxylic acids is 1. The second-order valence-corrected chi connectivity index (χ2v) is 5.55. The third-order valence-electron chi connectivity index (χ3n) is 3.42. The Balaban J connectivity index is 2.15. The smallest absolute Gasteiger partial charge is 0.311 e. The van der Waals surface area contributed by atoms with Crippen molar-refractivity contribution in [1.82, 2.24) is 4.90 Å². The first kappa shape index (κ1) is 13.4. The molecule has 100 valence electrons. The molecule has 2 amide bonds. The van der Waals surface area contributed by atoms with E-state index in [1.165, 1.54) is 11.8 Å². The Morgan fingerprint density at radius 3 is 2.33 bits per heavy atom. The number of thioether (sulfide) groups is 1. The number of nitrogens with zero attached hydrogens (tertiary/aromatic N) is 1. The lowest BCUT2D eigenvalue weighted by Crippen LogP contribution is -2.52. The van der Waals surface area contributed by atoms with Crippen LogP contribution in [-0.2, 0) is 19.1 Å². The third-order valence-corrected chi connectivity index (χ3v) is 4.32. The molecule has 0 aromatic heterocycles. The summed E-state index contributed by atoms with van der Waals surface area (Å²) >= 11 is 1.27. The van der Waals surface area contributed by atoms with E-state index in [-0.39, 0.29) is 29.9 Å². The van der Waals surface area contributed by atoms with Crippen LogP contribution >= 0.6 is 11.8 Å². The number of aliphatic carboxylic acids is 1. The highest BCUT2D eigenvalue weighted by atomic mass is 32.2. The number of ether oxygens (including phenoxy) is 1. The first-order chi connectivity index (χ1) is 8.55. The minimum atomic E-state index is -1.04. The molecule has 0 saturated carbocycles. The Kier molecular flexibility index (Phi) is 3.91. The molecule has 0 aromatic rings. The molecule has 0 aromatic carbocycles. The zero-order chi connectivity index (χ0) is 13.2. The van der Waals surface area contributed by atoms with Gasteiger partial charge in [-0.15, -0.1) is 11.8 Å². The van der Waals surface area contributed by atoms with E-state index in [1.54, 1.807) is 0 Å². The van der Waals surface area contributed by atoms with Crippen LogP contribution in [0.15, 0.2) is 0 Å². The van der Waals surface area contributed by atoms with Gasteiger partial charge in [0, 0.05) is 19.8 Å². The summed E-state index contributed by atoms with van der Waals surface area (Å²) in [4.78, 5) is 36.0. The predicted molar refractivity (Wildman–Crippen MR) is 64.2 cm³/mol. The maximum absolute atomic E-state index is 11.7. The van der Waals surface area contributed by atoms with E-state index < -0.39 is 11.4 Å². The highest BCUT2D eigenvalue weighted by molar-refractivity contribution is 8.00. The molecule has 2 rings (SSSR count). The number of hydrogen-bond acceptors (Lipinski definition) is 5. The van der Waals surface area contributed by atoms with Gasteiger partial charge >= 0.3 is 5.97 Å². The molecule has 0 atom stereocenters. The maximum atomic E-state index is 11.7. The molecule has 2 saturated heterocycles. The quantitative estimate of drug-likeness (QED) is 0.727. The van der Waals surface area contributed by atoms with Crippen LogP contribution in [0.4, 0.5) is 0 Å². The summed E-state index contributed by atoms with van der Waals surface area (Å²) in [5, 5.41) is 9.38. The molecule has 2 aliphatic rings. The van der Waals surface area contributed by atoms with Crippen LogP contribution in [-0.4, -0.2) is 59.1 Å². The van der Waals surface area contributed by atoms with Gasteiger partial charge in [-0.05, 0) is 12.8 Å². The van der Waals surface area contributed by atoms with E-state index in [2.05, 4.69) is 0 Å². The number of carbonyl (C=O) groups is 3. The molecule has 18 heavy (non-hydrogen) atoms. The summed E-state index contributed by atoms with van der Waals surface area (Å²) in [6.07, 6.45) is 0.680. The van der Waals surface area contributed by atoms with Crippen molar-refractivity contribution in [3.05, 3.63) is 0 Å². The minimum Gasteiger partial charge on any atom is -0.481 e. The Morgan fingerprint density at radius 1 is 1.28 bits per heavy atom. The zero-order valence-electron chi connectivity index (χ0n) is 9.89. The van der Waals surface area contributed by atoms with Crippen molar-refractivity contribution in [2.75, 3.05) is 31.3 Å². The Bertz CT molecular complexity index is 362. The van der Waals surface area contributed by atoms with Gasteiger partial charge in [-0.3, -0.25) is 19.3 Å². The van der Waals surface area contributed by atoms with E-state index in [1.807, 2.05) is 0 Å². The normalized spacial score (nSPS) is 24.1.